The monoisotopic (exact) mass is 345 g/mol. The van der Waals surface area contributed by atoms with Crippen LogP contribution >= 0.6 is 0 Å². The van der Waals surface area contributed by atoms with Crippen LogP contribution in [0.1, 0.15) is 17.1 Å². The van der Waals surface area contributed by atoms with Crippen molar-refractivity contribution in [3.05, 3.63) is 53.6 Å². The van der Waals surface area contributed by atoms with Crippen LogP contribution in [0, 0.1) is 20.8 Å². The zero-order valence-corrected chi connectivity index (χ0v) is 14.8. The maximum Gasteiger partial charge on any atom is 0.265 e. The van der Waals surface area contributed by atoms with E-state index < -0.39 is 10.0 Å². The van der Waals surface area contributed by atoms with E-state index in [1.54, 1.807) is 43.4 Å². The minimum atomic E-state index is -3.76. The molecular weight excluding hydrogens is 326 g/mol. The van der Waals surface area contributed by atoms with E-state index in [1.807, 2.05) is 30.3 Å². The van der Waals surface area contributed by atoms with Crippen LogP contribution in [0.25, 0.3) is 5.69 Å². The molecule has 0 saturated carbocycles. The van der Waals surface area contributed by atoms with E-state index in [4.69, 9.17) is 0 Å². The number of aromatic nitrogens is 4. The van der Waals surface area contributed by atoms with Crippen molar-refractivity contribution in [2.75, 3.05) is 4.72 Å². The number of hydrogen-bond donors (Lipinski definition) is 1. The minimum Gasteiger partial charge on any atom is -0.276 e. The third-order valence-electron chi connectivity index (χ3n) is 3.75. The molecule has 0 bridgehead atoms. The van der Waals surface area contributed by atoms with Crippen molar-refractivity contribution in [3.63, 3.8) is 0 Å². The lowest BCUT2D eigenvalue weighted by molar-refractivity contribution is 0.600. The van der Waals surface area contributed by atoms with Gasteiger partial charge < -0.3 is 0 Å². The average Bonchev–Trinajstić information content (AvgIpc) is 2.98. The van der Waals surface area contributed by atoms with Crippen LogP contribution in [0.5, 0.6) is 0 Å². The lowest BCUT2D eigenvalue weighted by Gasteiger charge is -2.08. The fourth-order valence-corrected chi connectivity index (χ4v) is 4.23. The summed E-state index contributed by atoms with van der Waals surface area (Å²) in [5.41, 5.74) is 2.91. The van der Waals surface area contributed by atoms with Gasteiger partial charge in [-0.15, -0.1) is 0 Å². The Labute approximate surface area is 141 Å². The van der Waals surface area contributed by atoms with Gasteiger partial charge in [0.05, 0.1) is 28.5 Å². The largest absolute Gasteiger partial charge is 0.276 e. The second-order valence-corrected chi connectivity index (χ2v) is 7.27. The molecule has 24 heavy (non-hydrogen) atoms. The smallest absolute Gasteiger partial charge is 0.265 e. The maximum absolute atomic E-state index is 12.8. The number of sulfonamides is 1. The maximum atomic E-state index is 12.8. The molecule has 0 spiro atoms. The number of hydrogen-bond acceptors (Lipinski definition) is 4. The van der Waals surface area contributed by atoms with Crippen LogP contribution in [0.3, 0.4) is 0 Å². The first kappa shape index (κ1) is 16.3. The van der Waals surface area contributed by atoms with E-state index in [-0.39, 0.29) is 4.90 Å². The Balaban J connectivity index is 2.06. The molecule has 2 heterocycles. The SMILES string of the molecule is Cc1nn(C)cc1NS(=O)(=O)c1c(C)nn(-c2ccccc2)c1C. The van der Waals surface area contributed by atoms with Gasteiger partial charge in [0.1, 0.15) is 4.90 Å². The summed E-state index contributed by atoms with van der Waals surface area (Å²) in [5.74, 6) is 0. The number of anilines is 1. The van der Waals surface area contributed by atoms with E-state index >= 15 is 0 Å². The van der Waals surface area contributed by atoms with Crippen molar-refractivity contribution < 1.29 is 8.42 Å². The second-order valence-electron chi connectivity index (χ2n) is 5.65. The summed E-state index contributed by atoms with van der Waals surface area (Å²) in [6.45, 7) is 5.19. The molecule has 126 valence electrons. The molecule has 0 atom stereocenters. The molecule has 0 aliphatic heterocycles. The molecule has 0 aliphatic rings. The van der Waals surface area contributed by atoms with Crippen molar-refractivity contribution in [1.82, 2.24) is 19.6 Å². The lowest BCUT2D eigenvalue weighted by atomic mass is 10.3. The minimum absolute atomic E-state index is 0.189. The molecule has 1 aromatic carbocycles. The van der Waals surface area contributed by atoms with Crippen LogP contribution in [0.4, 0.5) is 5.69 Å². The van der Waals surface area contributed by atoms with Gasteiger partial charge in [0.2, 0.25) is 0 Å². The van der Waals surface area contributed by atoms with Crippen LogP contribution in [0.15, 0.2) is 41.4 Å². The summed E-state index contributed by atoms with van der Waals surface area (Å²) < 4.78 is 31.5. The Kier molecular flexibility index (Phi) is 3.92. The highest BCUT2D eigenvalue weighted by molar-refractivity contribution is 7.92. The van der Waals surface area contributed by atoms with Gasteiger partial charge in [-0.25, -0.2) is 13.1 Å². The van der Waals surface area contributed by atoms with Gasteiger partial charge in [-0.3, -0.25) is 9.40 Å². The number of nitrogens with zero attached hydrogens (tertiary/aromatic N) is 4. The second kappa shape index (κ2) is 5.79. The quantitative estimate of drug-likeness (QED) is 0.787. The predicted octanol–water partition coefficient (Wildman–Crippen LogP) is 2.33. The molecule has 7 nitrogen and oxygen atoms in total. The molecule has 0 aliphatic carbocycles. The van der Waals surface area contributed by atoms with E-state index in [9.17, 15) is 8.42 Å². The highest BCUT2D eigenvalue weighted by Gasteiger charge is 2.26. The Bertz CT molecular complexity index is 987. The molecule has 3 rings (SSSR count). The Morgan fingerprint density at radius 3 is 2.25 bits per heavy atom. The third kappa shape index (κ3) is 2.80. The van der Waals surface area contributed by atoms with Crippen molar-refractivity contribution in [2.45, 2.75) is 25.7 Å². The van der Waals surface area contributed by atoms with Crippen molar-refractivity contribution >= 4 is 15.7 Å². The van der Waals surface area contributed by atoms with Crippen LogP contribution in [-0.2, 0) is 17.1 Å². The number of aryl methyl sites for hydroxylation is 3. The van der Waals surface area contributed by atoms with Gasteiger partial charge in [0.15, 0.2) is 0 Å². The first-order chi connectivity index (χ1) is 11.3. The van der Waals surface area contributed by atoms with E-state index in [1.165, 1.54) is 0 Å². The Hall–Kier alpha value is -2.61. The first-order valence-electron chi connectivity index (χ1n) is 7.44. The standard InChI is InChI=1S/C16H19N5O2S/c1-11-15(10-20(4)17-11)19-24(22,23)16-12(2)18-21(13(16)3)14-8-6-5-7-9-14/h5-10,19H,1-4H3. The third-order valence-corrected chi connectivity index (χ3v) is 5.37. The fourth-order valence-electron chi connectivity index (χ4n) is 2.73. The highest BCUT2D eigenvalue weighted by atomic mass is 32.2. The molecular formula is C16H19N5O2S. The topological polar surface area (TPSA) is 81.8 Å². The summed E-state index contributed by atoms with van der Waals surface area (Å²) in [7, 11) is -2.01. The molecule has 0 fully saturated rings. The predicted molar refractivity (Wildman–Crippen MR) is 91.8 cm³/mol. The Morgan fingerprint density at radius 2 is 1.67 bits per heavy atom. The van der Waals surface area contributed by atoms with Gasteiger partial charge in [0, 0.05) is 13.2 Å². The lowest BCUT2D eigenvalue weighted by Crippen LogP contribution is -2.15. The van der Waals surface area contributed by atoms with Gasteiger partial charge >= 0.3 is 0 Å². The van der Waals surface area contributed by atoms with Crippen LogP contribution in [0.2, 0.25) is 0 Å². The Morgan fingerprint density at radius 1 is 1.00 bits per heavy atom. The summed E-state index contributed by atoms with van der Waals surface area (Å²) in [6, 6.07) is 9.44. The van der Waals surface area contributed by atoms with Gasteiger partial charge in [-0.1, -0.05) is 18.2 Å². The van der Waals surface area contributed by atoms with Crippen LogP contribution in [-0.4, -0.2) is 28.0 Å². The van der Waals surface area contributed by atoms with Crippen molar-refractivity contribution in [3.8, 4) is 5.69 Å². The number of para-hydroxylation sites is 1. The average molecular weight is 345 g/mol. The van der Waals surface area contributed by atoms with Gasteiger partial charge in [0.25, 0.3) is 10.0 Å². The summed E-state index contributed by atoms with van der Waals surface area (Å²) in [4.78, 5) is 0.189. The molecule has 1 N–H and O–H groups in total. The first-order valence-corrected chi connectivity index (χ1v) is 8.92. The van der Waals surface area contributed by atoms with E-state index in [0.717, 1.165) is 5.69 Å². The summed E-state index contributed by atoms with van der Waals surface area (Å²) in [5, 5.41) is 8.55. The number of nitrogens with one attached hydrogen (secondary N) is 1. The molecule has 0 amide bonds. The van der Waals surface area contributed by atoms with E-state index in [0.29, 0.717) is 22.8 Å². The number of rotatable bonds is 4. The molecule has 3 aromatic rings. The summed E-state index contributed by atoms with van der Waals surface area (Å²) in [6.07, 6.45) is 1.64. The molecule has 0 saturated heterocycles. The number of benzene rings is 1. The molecule has 0 radical (unpaired) electrons. The van der Waals surface area contributed by atoms with Crippen molar-refractivity contribution in [1.29, 1.82) is 0 Å². The van der Waals surface area contributed by atoms with Crippen molar-refractivity contribution in [2.24, 2.45) is 7.05 Å². The molecule has 0 unspecified atom stereocenters. The van der Waals surface area contributed by atoms with E-state index in [2.05, 4.69) is 14.9 Å². The molecule has 2 aromatic heterocycles. The zero-order chi connectivity index (χ0) is 17.5. The fraction of sp³-hybridized carbons (Fsp3) is 0.250. The normalized spacial score (nSPS) is 11.7. The van der Waals surface area contributed by atoms with Gasteiger partial charge in [-0.05, 0) is 32.9 Å². The van der Waals surface area contributed by atoms with Gasteiger partial charge in [-0.2, -0.15) is 10.2 Å². The zero-order valence-electron chi connectivity index (χ0n) is 14.0. The summed E-state index contributed by atoms with van der Waals surface area (Å²) >= 11 is 0. The molecule has 8 heteroatoms. The van der Waals surface area contributed by atoms with Crippen LogP contribution < -0.4 is 4.72 Å². The highest BCUT2D eigenvalue weighted by Crippen LogP contribution is 2.25.